The zero-order valence-electron chi connectivity index (χ0n) is 19.5. The minimum absolute atomic E-state index is 0.152. The number of ether oxygens (including phenoxy) is 2. The molecule has 170 valence electrons. The van der Waals surface area contributed by atoms with Crippen LogP contribution in [0, 0.1) is 5.41 Å². The lowest BCUT2D eigenvalue weighted by Gasteiger charge is -2.38. The fraction of sp³-hybridized carbons (Fsp3) is 0.600. The lowest BCUT2D eigenvalue weighted by Crippen LogP contribution is -2.49. The van der Waals surface area contributed by atoms with Gasteiger partial charge in [0.05, 0.1) is 22.6 Å². The Morgan fingerprint density at radius 1 is 1.16 bits per heavy atom. The molecule has 31 heavy (non-hydrogen) atoms. The highest BCUT2D eigenvalue weighted by Crippen LogP contribution is 2.46. The minimum Gasteiger partial charge on any atom is -0.427 e. The van der Waals surface area contributed by atoms with Gasteiger partial charge in [0.2, 0.25) is 0 Å². The first-order valence-electron chi connectivity index (χ1n) is 11.2. The van der Waals surface area contributed by atoms with E-state index in [4.69, 9.17) is 21.1 Å². The molecule has 3 rings (SSSR count). The largest absolute Gasteiger partial charge is 0.427 e. The molecule has 1 saturated carbocycles. The fourth-order valence-electron chi connectivity index (χ4n) is 4.58. The summed E-state index contributed by atoms with van der Waals surface area (Å²) in [7, 11) is 1.71. The van der Waals surface area contributed by atoms with Gasteiger partial charge < -0.3 is 14.8 Å². The number of carbonyl (C=O) groups excluding carboxylic acids is 2. The predicted molar refractivity (Wildman–Crippen MR) is 123 cm³/mol. The van der Waals surface area contributed by atoms with Crippen molar-refractivity contribution in [1.29, 1.82) is 0 Å². The van der Waals surface area contributed by atoms with Gasteiger partial charge in [0.15, 0.2) is 0 Å². The maximum Gasteiger partial charge on any atom is 0.316 e. The first-order valence-corrected chi connectivity index (χ1v) is 11.6. The topological polar surface area (TPSA) is 64.6 Å². The third kappa shape index (κ3) is 4.54. The molecule has 1 aliphatic carbocycles. The summed E-state index contributed by atoms with van der Waals surface area (Å²) in [4.78, 5) is 26.4. The van der Waals surface area contributed by atoms with Crippen molar-refractivity contribution < 1.29 is 19.1 Å². The fourth-order valence-corrected chi connectivity index (χ4v) is 4.84. The molecule has 0 atom stereocenters. The average Bonchev–Trinajstić information content (AvgIpc) is 2.97. The van der Waals surface area contributed by atoms with E-state index in [-0.39, 0.29) is 18.0 Å². The van der Waals surface area contributed by atoms with Gasteiger partial charge in [-0.25, -0.2) is 0 Å². The van der Waals surface area contributed by atoms with Gasteiger partial charge in [0.25, 0.3) is 5.91 Å². The molecule has 1 aromatic carbocycles. The van der Waals surface area contributed by atoms with Gasteiger partial charge in [-0.15, -0.1) is 0 Å². The van der Waals surface area contributed by atoms with Crippen molar-refractivity contribution in [1.82, 2.24) is 5.32 Å². The number of methoxy groups -OCH3 is 1. The third-order valence-corrected chi connectivity index (χ3v) is 6.66. The molecular weight excluding hydrogens is 414 g/mol. The van der Waals surface area contributed by atoms with Crippen molar-refractivity contribution in [2.24, 2.45) is 5.41 Å². The maximum atomic E-state index is 13.4. The van der Waals surface area contributed by atoms with Gasteiger partial charge in [-0.2, -0.15) is 0 Å². The van der Waals surface area contributed by atoms with Gasteiger partial charge in [-0.1, -0.05) is 25.4 Å². The molecule has 0 aromatic heterocycles. The first kappa shape index (κ1) is 23.8. The van der Waals surface area contributed by atoms with E-state index >= 15 is 0 Å². The van der Waals surface area contributed by atoms with Crippen LogP contribution < -0.4 is 5.32 Å². The normalized spacial score (nSPS) is 24.0. The van der Waals surface area contributed by atoms with Crippen LogP contribution in [-0.2, 0) is 31.9 Å². The number of esters is 1. The van der Waals surface area contributed by atoms with E-state index in [9.17, 15) is 9.59 Å². The zero-order chi connectivity index (χ0) is 23.0. The highest BCUT2D eigenvalue weighted by molar-refractivity contribution is 6.31. The molecule has 1 spiro atoms. The molecule has 1 fully saturated rings. The molecule has 1 heterocycles. The minimum atomic E-state index is -0.685. The van der Waals surface area contributed by atoms with E-state index < -0.39 is 11.0 Å². The van der Waals surface area contributed by atoms with Crippen LogP contribution in [0.2, 0.25) is 5.02 Å². The molecule has 1 aliphatic heterocycles. The molecule has 0 unspecified atom stereocenters. The van der Waals surface area contributed by atoms with Crippen LogP contribution in [0.15, 0.2) is 17.9 Å². The molecule has 6 heteroatoms. The van der Waals surface area contributed by atoms with E-state index in [1.807, 2.05) is 46.8 Å². The van der Waals surface area contributed by atoms with Crippen LogP contribution in [0.25, 0.3) is 5.57 Å². The third-order valence-electron chi connectivity index (χ3n) is 6.45. The van der Waals surface area contributed by atoms with Gasteiger partial charge in [0.1, 0.15) is 5.76 Å². The summed E-state index contributed by atoms with van der Waals surface area (Å²) in [5, 5.41) is 3.86. The van der Waals surface area contributed by atoms with Crippen molar-refractivity contribution >= 4 is 29.1 Å². The Morgan fingerprint density at radius 2 is 1.71 bits per heavy atom. The summed E-state index contributed by atoms with van der Waals surface area (Å²) in [6, 6.07) is 3.82. The van der Waals surface area contributed by atoms with E-state index in [2.05, 4.69) is 5.32 Å². The summed E-state index contributed by atoms with van der Waals surface area (Å²) in [5.41, 5.74) is 1.95. The number of nitrogens with one attached hydrogen (secondary N) is 1. The molecular formula is C25H34ClNO4. The number of aryl methyl sites for hydroxylation is 2. The predicted octanol–water partition coefficient (Wildman–Crippen LogP) is 5.22. The molecule has 1 amide bonds. The zero-order valence-corrected chi connectivity index (χ0v) is 20.2. The van der Waals surface area contributed by atoms with Crippen molar-refractivity contribution in [3.63, 3.8) is 0 Å². The number of rotatable bonds is 5. The summed E-state index contributed by atoms with van der Waals surface area (Å²) >= 11 is 6.36. The van der Waals surface area contributed by atoms with Crippen molar-refractivity contribution in [2.75, 3.05) is 7.11 Å². The summed E-state index contributed by atoms with van der Waals surface area (Å²) in [5.74, 6) is -0.0483. The second-order valence-corrected chi connectivity index (χ2v) is 10.1. The molecule has 0 bridgehead atoms. The number of amides is 1. The SMILES string of the molecule is CCc1cc(Cl)cc(CC)c1C1=C(OC(=O)C(C)(C)C)C2(CCC(OC)CC2)NC1=O. The molecule has 0 radical (unpaired) electrons. The average molecular weight is 448 g/mol. The number of carbonyl (C=O) groups is 2. The van der Waals surface area contributed by atoms with Crippen molar-refractivity contribution in [3.8, 4) is 0 Å². The van der Waals surface area contributed by atoms with Gasteiger partial charge in [-0.05, 0) is 88.1 Å². The summed E-state index contributed by atoms with van der Waals surface area (Å²) in [6.45, 7) is 9.56. The number of halogens is 1. The monoisotopic (exact) mass is 447 g/mol. The summed E-state index contributed by atoms with van der Waals surface area (Å²) < 4.78 is 11.6. The number of hydrogen-bond acceptors (Lipinski definition) is 4. The van der Waals surface area contributed by atoms with Crippen LogP contribution in [-0.4, -0.2) is 30.6 Å². The van der Waals surface area contributed by atoms with Crippen LogP contribution >= 0.6 is 11.6 Å². The first-order chi connectivity index (χ1) is 14.6. The van der Waals surface area contributed by atoms with E-state index in [0.717, 1.165) is 42.4 Å². The van der Waals surface area contributed by atoms with Crippen molar-refractivity contribution in [2.45, 2.75) is 84.8 Å². The van der Waals surface area contributed by atoms with Crippen LogP contribution in [0.1, 0.15) is 77.0 Å². The Morgan fingerprint density at radius 3 is 2.16 bits per heavy atom. The van der Waals surface area contributed by atoms with E-state index in [1.54, 1.807) is 7.11 Å². The number of hydrogen-bond donors (Lipinski definition) is 1. The lowest BCUT2D eigenvalue weighted by atomic mass is 9.78. The lowest BCUT2D eigenvalue weighted by molar-refractivity contribution is -0.150. The molecule has 5 nitrogen and oxygen atoms in total. The van der Waals surface area contributed by atoms with Crippen molar-refractivity contribution in [3.05, 3.63) is 39.6 Å². The smallest absolute Gasteiger partial charge is 0.316 e. The maximum absolute atomic E-state index is 13.4. The van der Waals surface area contributed by atoms with Gasteiger partial charge in [0, 0.05) is 12.1 Å². The van der Waals surface area contributed by atoms with Crippen LogP contribution in [0.3, 0.4) is 0 Å². The standard InChI is InChI=1S/C25H34ClNO4/c1-7-15-13-17(26)14-16(8-2)19(15)20-21(31-23(29)24(3,4)5)25(27-22(20)28)11-9-18(30-6)10-12-25/h13-14,18H,7-12H2,1-6H3,(H,27,28). The van der Waals surface area contributed by atoms with Gasteiger partial charge >= 0.3 is 5.97 Å². The molecule has 0 saturated heterocycles. The molecule has 2 aliphatic rings. The quantitative estimate of drug-likeness (QED) is 0.628. The number of benzene rings is 1. The highest BCUT2D eigenvalue weighted by Gasteiger charge is 2.51. The molecule has 1 N–H and O–H groups in total. The van der Waals surface area contributed by atoms with E-state index in [1.165, 1.54) is 0 Å². The Hall–Kier alpha value is -1.85. The Balaban J connectivity index is 2.22. The highest BCUT2D eigenvalue weighted by atomic mass is 35.5. The Labute approximate surface area is 190 Å². The Kier molecular flexibility index (Phi) is 6.87. The van der Waals surface area contributed by atoms with E-state index in [0.29, 0.717) is 29.2 Å². The van der Waals surface area contributed by atoms with Crippen LogP contribution in [0.4, 0.5) is 0 Å². The van der Waals surface area contributed by atoms with Gasteiger partial charge in [-0.3, -0.25) is 9.59 Å². The molecule has 1 aromatic rings. The van der Waals surface area contributed by atoms with Crippen LogP contribution in [0.5, 0.6) is 0 Å². The second-order valence-electron chi connectivity index (χ2n) is 9.62. The summed E-state index contributed by atoms with van der Waals surface area (Å²) in [6.07, 6.45) is 4.52. The Bertz CT molecular complexity index is 880. The second kappa shape index (κ2) is 8.95.